The number of hydrogen-bond acceptors (Lipinski definition) is 4. The third-order valence-electron chi connectivity index (χ3n) is 2.16. The number of carbonyl (C=O) groups excluding carboxylic acids is 1. The Labute approximate surface area is 108 Å². The molecule has 5 nitrogen and oxygen atoms in total. The van der Waals surface area contributed by atoms with Gasteiger partial charge >= 0.3 is 0 Å². The normalized spacial score (nSPS) is 11.1. The molecule has 3 aromatic rings. The van der Waals surface area contributed by atoms with E-state index in [1.54, 1.807) is 15.3 Å². The smallest absolute Gasteiger partial charge is 0.196 e. The summed E-state index contributed by atoms with van der Waals surface area (Å²) in [4.78, 5) is 16.2. The molecular weight excluding hydrogens is 339 g/mol. The van der Waals surface area contributed by atoms with Crippen LogP contribution in [0.2, 0.25) is 0 Å². The maximum atomic E-state index is 11.1. The predicted molar refractivity (Wildman–Crippen MR) is 68.3 cm³/mol. The van der Waals surface area contributed by atoms with E-state index in [1.807, 2.05) is 17.8 Å². The average molecular weight is 344 g/mol. The first-order chi connectivity index (χ1) is 7.79. The molecule has 0 bridgehead atoms. The van der Waals surface area contributed by atoms with Crippen molar-refractivity contribution < 1.29 is 4.79 Å². The summed E-state index contributed by atoms with van der Waals surface area (Å²) >= 11 is 3.65. The lowest BCUT2D eigenvalue weighted by molar-refractivity contribution is 0.111. The number of nitrogens with zero attached hydrogens (tertiary/aromatic N) is 4. The van der Waals surface area contributed by atoms with E-state index in [4.69, 9.17) is 0 Å². The van der Waals surface area contributed by atoms with Crippen LogP contribution < -0.4 is 0 Å². The summed E-state index contributed by atoms with van der Waals surface area (Å²) < 4.78 is 4.39. The molecule has 0 aliphatic heterocycles. The molecule has 3 rings (SSSR count). The number of aromatic nitrogens is 4. The van der Waals surface area contributed by atoms with E-state index in [-0.39, 0.29) is 0 Å². The van der Waals surface area contributed by atoms with E-state index in [9.17, 15) is 4.79 Å². The molecule has 0 saturated carbocycles. The maximum absolute atomic E-state index is 11.1. The van der Waals surface area contributed by atoms with Gasteiger partial charge in [-0.2, -0.15) is 10.1 Å². The van der Waals surface area contributed by atoms with Crippen LogP contribution >= 0.6 is 33.9 Å². The highest BCUT2D eigenvalue weighted by Gasteiger charge is 2.14. The van der Waals surface area contributed by atoms with Crippen LogP contribution in [0.25, 0.3) is 10.8 Å². The summed E-state index contributed by atoms with van der Waals surface area (Å²) in [6.07, 6.45) is 6.19. The van der Waals surface area contributed by atoms with Crippen molar-refractivity contribution in [2.45, 2.75) is 0 Å². The van der Waals surface area contributed by atoms with Gasteiger partial charge in [0.2, 0.25) is 0 Å². The fourth-order valence-corrected chi connectivity index (χ4v) is 2.59. The van der Waals surface area contributed by atoms with Gasteiger partial charge in [-0.3, -0.25) is 9.20 Å². The van der Waals surface area contributed by atoms with E-state index in [2.05, 4.69) is 32.7 Å². The molecule has 0 aliphatic carbocycles. The van der Waals surface area contributed by atoms with Gasteiger partial charge in [-0.25, -0.2) is 4.68 Å². The largest absolute Gasteiger partial charge is 0.296 e. The first kappa shape index (κ1) is 9.97. The number of carbonyl (C=O) groups is 1. The summed E-state index contributed by atoms with van der Waals surface area (Å²) in [6, 6.07) is 0. The minimum absolute atomic E-state index is 0.524. The highest BCUT2D eigenvalue weighted by molar-refractivity contribution is 14.1. The van der Waals surface area contributed by atoms with E-state index < -0.39 is 0 Å². The minimum Gasteiger partial charge on any atom is -0.296 e. The molecule has 0 amide bonds. The predicted octanol–water partition coefficient (Wildman–Crippen LogP) is 2.00. The molecule has 0 radical (unpaired) electrons. The standard InChI is InChI=1S/C9H5IN4OS/c10-6-3-11-14(4-6)8-7(5-15)13-1-2-16-9(13)12-8/h1-5H. The van der Waals surface area contributed by atoms with E-state index >= 15 is 0 Å². The molecule has 0 unspecified atom stereocenters. The zero-order chi connectivity index (χ0) is 11.1. The third kappa shape index (κ3) is 1.39. The van der Waals surface area contributed by atoms with Crippen molar-refractivity contribution in [2.24, 2.45) is 0 Å². The van der Waals surface area contributed by atoms with Gasteiger partial charge in [-0.05, 0) is 22.6 Å². The summed E-state index contributed by atoms with van der Waals surface area (Å²) in [5.41, 5.74) is 0.524. The van der Waals surface area contributed by atoms with Crippen molar-refractivity contribution in [1.82, 2.24) is 19.2 Å². The maximum Gasteiger partial charge on any atom is 0.196 e. The third-order valence-corrected chi connectivity index (χ3v) is 3.47. The second-order valence-electron chi connectivity index (χ2n) is 3.10. The van der Waals surface area contributed by atoms with Gasteiger partial charge in [-0.1, -0.05) is 0 Å². The van der Waals surface area contributed by atoms with Gasteiger partial charge in [0.25, 0.3) is 0 Å². The molecule has 0 fully saturated rings. The Morgan fingerprint density at radius 2 is 2.38 bits per heavy atom. The van der Waals surface area contributed by atoms with Gasteiger partial charge in [-0.15, -0.1) is 11.3 Å². The highest BCUT2D eigenvalue weighted by Crippen LogP contribution is 2.19. The van der Waals surface area contributed by atoms with Crippen LogP contribution in [0.1, 0.15) is 10.5 Å². The summed E-state index contributed by atoms with van der Waals surface area (Å²) in [7, 11) is 0. The quantitative estimate of drug-likeness (QED) is 0.528. The Morgan fingerprint density at radius 1 is 1.50 bits per heavy atom. The topological polar surface area (TPSA) is 52.2 Å². The molecule has 3 heterocycles. The molecule has 0 atom stereocenters. The fourth-order valence-electron chi connectivity index (χ4n) is 1.49. The number of imidazole rings is 1. The fraction of sp³-hybridized carbons (Fsp3) is 0. The van der Waals surface area contributed by atoms with Crippen molar-refractivity contribution in [2.75, 3.05) is 0 Å². The molecule has 3 aromatic heterocycles. The lowest BCUT2D eigenvalue weighted by atomic mass is 10.4. The number of rotatable bonds is 2. The number of halogens is 1. The SMILES string of the molecule is O=Cc1c(-n2cc(I)cn2)nc2sccn12. The van der Waals surface area contributed by atoms with E-state index in [1.165, 1.54) is 11.3 Å². The van der Waals surface area contributed by atoms with Crippen molar-refractivity contribution in [1.29, 1.82) is 0 Å². The van der Waals surface area contributed by atoms with Crippen molar-refractivity contribution in [3.8, 4) is 5.82 Å². The van der Waals surface area contributed by atoms with Crippen LogP contribution in [0.15, 0.2) is 24.0 Å². The van der Waals surface area contributed by atoms with Crippen LogP contribution in [0, 0.1) is 3.57 Å². The highest BCUT2D eigenvalue weighted by atomic mass is 127. The second-order valence-corrected chi connectivity index (χ2v) is 5.22. The van der Waals surface area contributed by atoms with Crippen LogP contribution in [0.4, 0.5) is 0 Å². The van der Waals surface area contributed by atoms with Gasteiger partial charge in [0.15, 0.2) is 17.1 Å². The Kier molecular flexibility index (Phi) is 2.28. The summed E-state index contributed by atoms with van der Waals surface area (Å²) in [5.74, 6) is 0.574. The number of hydrogen-bond donors (Lipinski definition) is 0. The Bertz CT molecular complexity index is 668. The number of fused-ring (bicyclic) bond motifs is 1. The second kappa shape index (κ2) is 3.67. The molecule has 16 heavy (non-hydrogen) atoms. The Balaban J connectivity index is 2.30. The Morgan fingerprint density at radius 3 is 3.06 bits per heavy atom. The van der Waals surface area contributed by atoms with E-state index in [0.717, 1.165) is 14.8 Å². The van der Waals surface area contributed by atoms with Crippen LogP contribution in [-0.2, 0) is 0 Å². The van der Waals surface area contributed by atoms with Gasteiger partial charge in [0.05, 0.1) is 9.77 Å². The average Bonchev–Trinajstić information content (AvgIpc) is 2.90. The first-order valence-corrected chi connectivity index (χ1v) is 6.36. The van der Waals surface area contributed by atoms with Crippen molar-refractivity contribution in [3.63, 3.8) is 0 Å². The molecular formula is C9H5IN4OS. The van der Waals surface area contributed by atoms with Crippen molar-refractivity contribution in [3.05, 3.63) is 33.2 Å². The summed E-state index contributed by atoms with van der Waals surface area (Å²) in [5, 5.41) is 6.04. The monoisotopic (exact) mass is 344 g/mol. The molecule has 80 valence electrons. The van der Waals surface area contributed by atoms with Gasteiger partial charge in [0, 0.05) is 17.8 Å². The summed E-state index contributed by atoms with van der Waals surface area (Å²) in [6.45, 7) is 0. The van der Waals surface area contributed by atoms with Gasteiger partial charge in [0.1, 0.15) is 5.69 Å². The first-order valence-electron chi connectivity index (χ1n) is 4.41. The van der Waals surface area contributed by atoms with Crippen molar-refractivity contribution >= 4 is 45.2 Å². The molecule has 7 heteroatoms. The lowest BCUT2D eigenvalue weighted by Crippen LogP contribution is -2.00. The Hall–Kier alpha value is -1.22. The van der Waals surface area contributed by atoms with Crippen LogP contribution in [-0.4, -0.2) is 25.5 Å². The minimum atomic E-state index is 0.524. The van der Waals surface area contributed by atoms with Crippen LogP contribution in [0.5, 0.6) is 0 Å². The van der Waals surface area contributed by atoms with Gasteiger partial charge < -0.3 is 0 Å². The van der Waals surface area contributed by atoms with Crippen LogP contribution in [0.3, 0.4) is 0 Å². The molecule has 0 spiro atoms. The number of aldehydes is 1. The van der Waals surface area contributed by atoms with E-state index in [0.29, 0.717) is 11.5 Å². The number of thiazole rings is 1. The molecule has 0 saturated heterocycles. The zero-order valence-electron chi connectivity index (χ0n) is 7.87. The lowest BCUT2D eigenvalue weighted by Gasteiger charge is -1.95. The molecule has 0 aliphatic rings. The molecule has 0 aromatic carbocycles. The zero-order valence-corrected chi connectivity index (χ0v) is 10.8. The molecule has 0 N–H and O–H groups in total.